The summed E-state index contributed by atoms with van der Waals surface area (Å²) in [5.41, 5.74) is 7.34. The summed E-state index contributed by atoms with van der Waals surface area (Å²) in [6.07, 6.45) is -0.00114. The first-order valence-corrected chi connectivity index (χ1v) is 5.10. The number of hydrogen-bond acceptors (Lipinski definition) is 2. The van der Waals surface area contributed by atoms with Gasteiger partial charge in [0.25, 0.3) is 0 Å². The Morgan fingerprint density at radius 3 is 2.80 bits per heavy atom. The highest BCUT2D eigenvalue weighted by Crippen LogP contribution is 2.15. The minimum atomic E-state index is -0.713. The number of ether oxygens (including phenoxy) is 1. The van der Waals surface area contributed by atoms with E-state index < -0.39 is 6.09 Å². The molecule has 1 rings (SSSR count). The van der Waals surface area contributed by atoms with Gasteiger partial charge in [-0.2, -0.15) is 0 Å². The summed E-state index contributed by atoms with van der Waals surface area (Å²) in [5.74, 6) is 0.516. The number of hydrogen-bond donors (Lipinski definition) is 1. The van der Waals surface area contributed by atoms with Crippen molar-refractivity contribution in [2.75, 3.05) is 6.61 Å². The van der Waals surface area contributed by atoms with E-state index in [-0.39, 0.29) is 0 Å². The molecular weight excluding hydrogens is 190 g/mol. The number of rotatable bonds is 4. The minimum Gasteiger partial charge on any atom is -0.449 e. The first-order valence-electron chi connectivity index (χ1n) is 5.10. The van der Waals surface area contributed by atoms with Crippen LogP contribution in [0.25, 0.3) is 0 Å². The highest BCUT2D eigenvalue weighted by Gasteiger charge is 2.01. The molecule has 0 aromatic heterocycles. The Morgan fingerprint density at radius 2 is 2.20 bits per heavy atom. The fourth-order valence-corrected chi connectivity index (χ4v) is 1.38. The van der Waals surface area contributed by atoms with Crippen molar-refractivity contribution in [2.24, 2.45) is 5.73 Å². The van der Waals surface area contributed by atoms with Gasteiger partial charge in [-0.25, -0.2) is 4.79 Å². The lowest BCUT2D eigenvalue weighted by molar-refractivity contribution is 0.158. The molecule has 1 amide bonds. The van der Waals surface area contributed by atoms with Gasteiger partial charge in [0.05, 0.1) is 6.61 Å². The van der Waals surface area contributed by atoms with Crippen LogP contribution in [0.2, 0.25) is 0 Å². The van der Waals surface area contributed by atoms with E-state index in [9.17, 15) is 4.79 Å². The van der Waals surface area contributed by atoms with Gasteiger partial charge in [-0.15, -0.1) is 0 Å². The lowest BCUT2D eigenvalue weighted by Crippen LogP contribution is -2.14. The Hall–Kier alpha value is -1.51. The lowest BCUT2D eigenvalue weighted by atomic mass is 10.00. The first kappa shape index (κ1) is 11.6. The maximum Gasteiger partial charge on any atom is 0.404 e. The van der Waals surface area contributed by atoms with Gasteiger partial charge in [-0.3, -0.25) is 0 Å². The third-order valence-electron chi connectivity index (χ3n) is 2.25. The van der Waals surface area contributed by atoms with E-state index in [0.29, 0.717) is 18.9 Å². The summed E-state index contributed by atoms with van der Waals surface area (Å²) in [6, 6.07) is 8.28. The number of nitrogens with two attached hydrogens (primary N) is 1. The summed E-state index contributed by atoms with van der Waals surface area (Å²) >= 11 is 0. The Bertz CT molecular complexity index is 334. The molecule has 0 radical (unpaired) electrons. The summed E-state index contributed by atoms with van der Waals surface area (Å²) < 4.78 is 4.68. The molecule has 0 spiro atoms. The van der Waals surface area contributed by atoms with E-state index in [4.69, 9.17) is 5.73 Å². The van der Waals surface area contributed by atoms with Gasteiger partial charge in [0.2, 0.25) is 0 Å². The van der Waals surface area contributed by atoms with Crippen LogP contribution in [0.15, 0.2) is 24.3 Å². The fourth-order valence-electron chi connectivity index (χ4n) is 1.38. The second-order valence-corrected chi connectivity index (χ2v) is 3.82. The number of primary amides is 1. The van der Waals surface area contributed by atoms with Crippen molar-refractivity contribution < 1.29 is 9.53 Å². The topological polar surface area (TPSA) is 52.3 Å². The SMILES string of the molecule is CC(C)c1cccc(CCOC(N)=O)c1. The van der Waals surface area contributed by atoms with Crippen molar-refractivity contribution in [3.8, 4) is 0 Å². The third-order valence-corrected chi connectivity index (χ3v) is 2.25. The zero-order valence-electron chi connectivity index (χ0n) is 9.19. The molecule has 2 N–H and O–H groups in total. The molecule has 0 bridgehead atoms. The molecule has 1 aromatic carbocycles. The molecule has 0 aliphatic rings. The van der Waals surface area contributed by atoms with E-state index in [1.54, 1.807) is 0 Å². The van der Waals surface area contributed by atoms with Gasteiger partial charge in [0.15, 0.2) is 0 Å². The van der Waals surface area contributed by atoms with Crippen molar-refractivity contribution in [3.63, 3.8) is 0 Å². The smallest absolute Gasteiger partial charge is 0.404 e. The van der Waals surface area contributed by atoms with Gasteiger partial charge in [0, 0.05) is 6.42 Å². The molecule has 1 aromatic rings. The van der Waals surface area contributed by atoms with Gasteiger partial charge >= 0.3 is 6.09 Å². The second kappa shape index (κ2) is 5.39. The zero-order chi connectivity index (χ0) is 11.3. The molecule has 3 nitrogen and oxygen atoms in total. The quantitative estimate of drug-likeness (QED) is 0.824. The predicted octanol–water partition coefficient (Wildman–Crippen LogP) is 2.45. The molecule has 0 saturated heterocycles. The van der Waals surface area contributed by atoms with Crippen molar-refractivity contribution in [2.45, 2.75) is 26.2 Å². The van der Waals surface area contributed by atoms with E-state index >= 15 is 0 Å². The van der Waals surface area contributed by atoms with Crippen LogP contribution in [-0.2, 0) is 11.2 Å². The maximum atomic E-state index is 10.4. The van der Waals surface area contributed by atoms with Gasteiger partial charge < -0.3 is 10.5 Å². The lowest BCUT2D eigenvalue weighted by Gasteiger charge is -2.07. The predicted molar refractivity (Wildman–Crippen MR) is 59.8 cm³/mol. The molecule has 0 atom stereocenters. The normalized spacial score (nSPS) is 10.3. The molecule has 0 aliphatic heterocycles. The molecule has 15 heavy (non-hydrogen) atoms. The van der Waals surface area contributed by atoms with Gasteiger partial charge in [-0.1, -0.05) is 38.1 Å². The number of amides is 1. The molecule has 82 valence electrons. The molecule has 0 heterocycles. The van der Waals surface area contributed by atoms with E-state index in [2.05, 4.69) is 30.7 Å². The van der Waals surface area contributed by atoms with E-state index in [1.165, 1.54) is 11.1 Å². The van der Waals surface area contributed by atoms with Crippen LogP contribution in [0.5, 0.6) is 0 Å². The maximum absolute atomic E-state index is 10.4. The number of carbonyl (C=O) groups excluding carboxylic acids is 1. The Labute approximate surface area is 90.2 Å². The van der Waals surface area contributed by atoms with Crippen LogP contribution in [0.4, 0.5) is 4.79 Å². The van der Waals surface area contributed by atoms with Crippen molar-refractivity contribution in [1.29, 1.82) is 0 Å². The highest BCUT2D eigenvalue weighted by atomic mass is 16.5. The average Bonchev–Trinajstić information content (AvgIpc) is 2.17. The standard InChI is InChI=1S/C12H17NO2/c1-9(2)11-5-3-4-10(8-11)6-7-15-12(13)14/h3-5,8-9H,6-7H2,1-2H3,(H2,13,14). The average molecular weight is 207 g/mol. The van der Waals surface area contributed by atoms with Crippen LogP contribution in [0.1, 0.15) is 30.9 Å². The Morgan fingerprint density at radius 1 is 1.47 bits per heavy atom. The monoisotopic (exact) mass is 207 g/mol. The third kappa shape index (κ3) is 4.02. The largest absolute Gasteiger partial charge is 0.449 e. The van der Waals surface area contributed by atoms with Gasteiger partial charge in [-0.05, 0) is 17.0 Å². The Kier molecular flexibility index (Phi) is 4.16. The summed E-state index contributed by atoms with van der Waals surface area (Å²) in [7, 11) is 0. The molecule has 0 aliphatic carbocycles. The highest BCUT2D eigenvalue weighted by molar-refractivity contribution is 5.64. The van der Waals surface area contributed by atoms with Crippen LogP contribution >= 0.6 is 0 Å². The van der Waals surface area contributed by atoms with Crippen molar-refractivity contribution in [1.82, 2.24) is 0 Å². The summed E-state index contributed by atoms with van der Waals surface area (Å²) in [4.78, 5) is 10.4. The Balaban J connectivity index is 2.54. The number of carbonyl (C=O) groups is 1. The first-order chi connectivity index (χ1) is 7.09. The minimum absolute atomic E-state index is 0.344. The van der Waals surface area contributed by atoms with Crippen molar-refractivity contribution >= 4 is 6.09 Å². The van der Waals surface area contributed by atoms with Crippen LogP contribution in [0.3, 0.4) is 0 Å². The molecule has 3 heteroatoms. The second-order valence-electron chi connectivity index (χ2n) is 3.82. The zero-order valence-corrected chi connectivity index (χ0v) is 9.19. The van der Waals surface area contributed by atoms with Crippen LogP contribution in [-0.4, -0.2) is 12.7 Å². The van der Waals surface area contributed by atoms with Gasteiger partial charge in [0.1, 0.15) is 0 Å². The van der Waals surface area contributed by atoms with Crippen LogP contribution < -0.4 is 5.73 Å². The van der Waals surface area contributed by atoms with E-state index in [1.807, 2.05) is 12.1 Å². The van der Waals surface area contributed by atoms with Crippen LogP contribution in [0, 0.1) is 0 Å². The van der Waals surface area contributed by atoms with E-state index in [0.717, 1.165) is 0 Å². The summed E-state index contributed by atoms with van der Waals surface area (Å²) in [5, 5.41) is 0. The van der Waals surface area contributed by atoms with Crippen molar-refractivity contribution in [3.05, 3.63) is 35.4 Å². The fraction of sp³-hybridized carbons (Fsp3) is 0.417. The molecule has 0 unspecified atom stereocenters. The number of benzene rings is 1. The molecule has 0 fully saturated rings. The molecule has 0 saturated carbocycles. The molecular formula is C12H17NO2. The summed E-state index contributed by atoms with van der Waals surface area (Å²) in [6.45, 7) is 4.65.